The summed E-state index contributed by atoms with van der Waals surface area (Å²) in [7, 11) is 3.87. The molecule has 1 aromatic heterocycles. The monoisotopic (exact) mass is 238 g/mol. The number of likely N-dealkylation sites (N-methyl/N-ethyl adjacent to an activating group) is 1. The molecule has 0 saturated heterocycles. The predicted octanol–water partition coefficient (Wildman–Crippen LogP) is 0.548. The number of amides is 1. The maximum absolute atomic E-state index is 11.9. The number of carbonyl (C=O) groups excluding carboxylic acids is 1. The molecule has 0 spiro atoms. The van der Waals surface area contributed by atoms with E-state index in [1.165, 1.54) is 6.07 Å². The van der Waals surface area contributed by atoms with Crippen LogP contribution in [0.3, 0.4) is 0 Å². The molecule has 1 rings (SSSR count). The molecule has 0 bridgehead atoms. The van der Waals surface area contributed by atoms with E-state index in [1.807, 2.05) is 19.0 Å². The molecule has 17 heavy (non-hydrogen) atoms. The minimum Gasteiger partial charge on any atom is -0.427 e. The van der Waals surface area contributed by atoms with Gasteiger partial charge in [0, 0.05) is 19.2 Å². The predicted molar refractivity (Wildman–Crippen MR) is 65.3 cm³/mol. The van der Waals surface area contributed by atoms with Crippen molar-refractivity contribution in [3.8, 4) is 0 Å². The van der Waals surface area contributed by atoms with E-state index in [1.54, 1.807) is 13.8 Å². The fourth-order valence-corrected chi connectivity index (χ4v) is 1.58. The van der Waals surface area contributed by atoms with Gasteiger partial charge in [0.1, 0.15) is 5.76 Å². The Labute approximate surface area is 100 Å². The normalized spacial score (nSPS) is 10.6. The summed E-state index contributed by atoms with van der Waals surface area (Å²) >= 11 is 0. The second-order valence-corrected chi connectivity index (χ2v) is 4.24. The average molecular weight is 238 g/mol. The van der Waals surface area contributed by atoms with Gasteiger partial charge in [-0.05, 0) is 33.5 Å². The first kappa shape index (κ1) is 13.4. The van der Waals surface area contributed by atoms with Crippen LogP contribution >= 0.6 is 0 Å². The second-order valence-electron chi connectivity index (χ2n) is 4.24. The van der Waals surface area contributed by atoms with Crippen LogP contribution in [-0.4, -0.2) is 38.0 Å². The first-order valence-corrected chi connectivity index (χ1v) is 5.46. The van der Waals surface area contributed by atoms with E-state index >= 15 is 0 Å². The molecular formula is C12H18N2O3. The number of hydrogen-bond acceptors (Lipinski definition) is 4. The minimum atomic E-state index is -0.426. The molecule has 0 aliphatic rings. The molecule has 1 amide bonds. The summed E-state index contributed by atoms with van der Waals surface area (Å²) in [4.78, 5) is 24.9. The first-order valence-electron chi connectivity index (χ1n) is 5.46. The van der Waals surface area contributed by atoms with Gasteiger partial charge in [0.15, 0.2) is 0 Å². The van der Waals surface area contributed by atoms with Crippen LogP contribution in [0.5, 0.6) is 0 Å². The van der Waals surface area contributed by atoms with E-state index in [9.17, 15) is 9.59 Å². The highest BCUT2D eigenvalue weighted by atomic mass is 16.4. The number of nitrogens with zero attached hydrogens (tertiary/aromatic N) is 1. The summed E-state index contributed by atoms with van der Waals surface area (Å²) in [5, 5.41) is 2.79. The van der Waals surface area contributed by atoms with Crippen LogP contribution in [0.1, 0.15) is 21.7 Å². The Kier molecular flexibility index (Phi) is 4.45. The van der Waals surface area contributed by atoms with Crippen LogP contribution in [0.2, 0.25) is 0 Å². The number of carbonyl (C=O) groups is 1. The van der Waals surface area contributed by atoms with Crippen molar-refractivity contribution >= 4 is 5.91 Å². The lowest BCUT2D eigenvalue weighted by atomic mass is 10.1. The summed E-state index contributed by atoms with van der Waals surface area (Å²) in [6, 6.07) is 1.33. The van der Waals surface area contributed by atoms with Crippen molar-refractivity contribution in [1.29, 1.82) is 0 Å². The fraction of sp³-hybridized carbons (Fsp3) is 0.500. The highest BCUT2D eigenvalue weighted by Crippen LogP contribution is 2.10. The fourth-order valence-electron chi connectivity index (χ4n) is 1.58. The summed E-state index contributed by atoms with van der Waals surface area (Å²) in [5.41, 5.74) is 0.661. The molecular weight excluding hydrogens is 220 g/mol. The Bertz CT molecular complexity index is 437. The van der Waals surface area contributed by atoms with Gasteiger partial charge in [0.25, 0.3) is 5.91 Å². The van der Waals surface area contributed by atoms with E-state index in [0.717, 1.165) is 6.54 Å². The van der Waals surface area contributed by atoms with E-state index in [0.29, 0.717) is 23.4 Å². The Balaban J connectivity index is 2.79. The summed E-state index contributed by atoms with van der Waals surface area (Å²) in [5.74, 6) is 0.156. The molecule has 5 heteroatoms. The lowest BCUT2D eigenvalue weighted by Crippen LogP contribution is -2.32. The van der Waals surface area contributed by atoms with Gasteiger partial charge in [0.2, 0.25) is 0 Å². The van der Waals surface area contributed by atoms with Crippen LogP contribution in [0, 0.1) is 13.8 Å². The minimum absolute atomic E-state index is 0.203. The molecule has 0 radical (unpaired) electrons. The van der Waals surface area contributed by atoms with Crippen molar-refractivity contribution in [2.75, 3.05) is 27.2 Å². The SMILES string of the molecule is Cc1cc(=O)oc(C)c1C(=O)NCCN(C)C. The summed E-state index contributed by atoms with van der Waals surface area (Å²) in [6.07, 6.45) is 0. The van der Waals surface area contributed by atoms with Crippen molar-refractivity contribution in [2.24, 2.45) is 0 Å². The maximum Gasteiger partial charge on any atom is 0.336 e. The van der Waals surface area contributed by atoms with Crippen molar-refractivity contribution in [1.82, 2.24) is 10.2 Å². The Morgan fingerprint density at radius 1 is 1.41 bits per heavy atom. The zero-order valence-electron chi connectivity index (χ0n) is 10.7. The standard InChI is InChI=1S/C12H18N2O3/c1-8-7-10(15)17-9(2)11(8)12(16)13-5-6-14(3)4/h7H,5-6H2,1-4H3,(H,13,16). The second kappa shape index (κ2) is 5.63. The van der Waals surface area contributed by atoms with E-state index in [2.05, 4.69) is 5.32 Å². The molecule has 0 aliphatic carbocycles. The van der Waals surface area contributed by atoms with Gasteiger partial charge in [-0.15, -0.1) is 0 Å². The molecule has 0 aliphatic heterocycles. The van der Waals surface area contributed by atoms with Gasteiger partial charge in [0.05, 0.1) is 5.56 Å². The third kappa shape index (κ3) is 3.71. The molecule has 1 N–H and O–H groups in total. The zero-order chi connectivity index (χ0) is 13.0. The van der Waals surface area contributed by atoms with E-state index in [4.69, 9.17) is 4.42 Å². The van der Waals surface area contributed by atoms with Crippen LogP contribution in [-0.2, 0) is 0 Å². The van der Waals surface area contributed by atoms with Gasteiger partial charge in [-0.25, -0.2) is 4.79 Å². The largest absolute Gasteiger partial charge is 0.427 e. The number of hydrogen-bond donors (Lipinski definition) is 1. The summed E-state index contributed by atoms with van der Waals surface area (Å²) < 4.78 is 4.91. The van der Waals surface area contributed by atoms with Gasteiger partial charge < -0.3 is 14.6 Å². The molecule has 94 valence electrons. The Morgan fingerprint density at radius 3 is 2.59 bits per heavy atom. The van der Waals surface area contributed by atoms with Gasteiger partial charge >= 0.3 is 5.63 Å². The highest BCUT2D eigenvalue weighted by molar-refractivity contribution is 5.96. The summed E-state index contributed by atoms with van der Waals surface area (Å²) in [6.45, 7) is 4.67. The molecule has 0 fully saturated rings. The van der Waals surface area contributed by atoms with Crippen LogP contribution in [0.25, 0.3) is 0 Å². The lowest BCUT2D eigenvalue weighted by Gasteiger charge is -2.12. The molecule has 0 aromatic carbocycles. The Hall–Kier alpha value is -1.62. The molecule has 1 aromatic rings. The van der Waals surface area contributed by atoms with Crippen molar-refractivity contribution < 1.29 is 9.21 Å². The topological polar surface area (TPSA) is 62.6 Å². The molecule has 1 heterocycles. The molecule has 0 unspecified atom stereocenters. The van der Waals surface area contributed by atoms with Crippen LogP contribution in [0.4, 0.5) is 0 Å². The molecule has 0 saturated carbocycles. The third-order valence-corrected chi connectivity index (χ3v) is 2.41. The first-order chi connectivity index (χ1) is 7.91. The van der Waals surface area contributed by atoms with E-state index in [-0.39, 0.29) is 5.91 Å². The number of rotatable bonds is 4. The average Bonchev–Trinajstić information content (AvgIpc) is 2.14. The maximum atomic E-state index is 11.9. The number of nitrogens with one attached hydrogen (secondary N) is 1. The Morgan fingerprint density at radius 2 is 2.06 bits per heavy atom. The zero-order valence-corrected chi connectivity index (χ0v) is 10.7. The van der Waals surface area contributed by atoms with Crippen molar-refractivity contribution in [3.05, 3.63) is 33.4 Å². The smallest absolute Gasteiger partial charge is 0.336 e. The number of aryl methyl sites for hydroxylation is 2. The molecule has 0 atom stereocenters. The van der Waals surface area contributed by atoms with E-state index < -0.39 is 5.63 Å². The van der Waals surface area contributed by atoms with Crippen LogP contribution < -0.4 is 10.9 Å². The highest BCUT2D eigenvalue weighted by Gasteiger charge is 2.14. The van der Waals surface area contributed by atoms with Crippen molar-refractivity contribution in [2.45, 2.75) is 13.8 Å². The van der Waals surface area contributed by atoms with Crippen LogP contribution in [0.15, 0.2) is 15.3 Å². The molecule has 5 nitrogen and oxygen atoms in total. The lowest BCUT2D eigenvalue weighted by molar-refractivity contribution is 0.0947. The van der Waals surface area contributed by atoms with Gasteiger partial charge in [-0.1, -0.05) is 0 Å². The van der Waals surface area contributed by atoms with Gasteiger partial charge in [-0.2, -0.15) is 0 Å². The van der Waals surface area contributed by atoms with Crippen molar-refractivity contribution in [3.63, 3.8) is 0 Å². The third-order valence-electron chi connectivity index (χ3n) is 2.41. The quantitative estimate of drug-likeness (QED) is 0.832. The van der Waals surface area contributed by atoms with Gasteiger partial charge in [-0.3, -0.25) is 4.79 Å².